The summed E-state index contributed by atoms with van der Waals surface area (Å²) in [5.41, 5.74) is 3.06. The topological polar surface area (TPSA) is 60.7 Å². The van der Waals surface area contributed by atoms with Gasteiger partial charge in [0.05, 0.1) is 11.0 Å². The molecule has 3 heterocycles. The summed E-state index contributed by atoms with van der Waals surface area (Å²) in [5, 5.41) is 3.65. The van der Waals surface area contributed by atoms with Crippen LogP contribution in [0.2, 0.25) is 0 Å². The molecule has 2 saturated heterocycles. The Hall–Kier alpha value is -1.55. The van der Waals surface area contributed by atoms with Gasteiger partial charge in [0, 0.05) is 18.0 Å². The molecule has 0 radical (unpaired) electrons. The Morgan fingerprint density at radius 2 is 2.00 bits per heavy atom. The van der Waals surface area contributed by atoms with Gasteiger partial charge in [0.15, 0.2) is 0 Å². The maximum atomic E-state index is 11.2. The molecule has 2 fully saturated rings. The van der Waals surface area contributed by atoms with Crippen molar-refractivity contribution >= 4 is 11.0 Å². The fraction of sp³-hybridized carbons (Fsp3) is 0.462. The van der Waals surface area contributed by atoms with E-state index in [1.165, 1.54) is 24.8 Å². The molecule has 1 aromatic heterocycles. The third-order valence-electron chi connectivity index (χ3n) is 4.27. The zero-order chi connectivity index (χ0) is 11.4. The predicted octanol–water partition coefficient (Wildman–Crippen LogP) is 1.46. The van der Waals surface area contributed by atoms with Gasteiger partial charge in [0.1, 0.15) is 0 Å². The molecule has 4 nitrogen and oxygen atoms in total. The number of H-pyrrole nitrogens is 2. The van der Waals surface area contributed by atoms with E-state index in [1.807, 2.05) is 6.07 Å². The van der Waals surface area contributed by atoms with Crippen LogP contribution in [-0.4, -0.2) is 22.1 Å². The van der Waals surface area contributed by atoms with Gasteiger partial charge in [-0.1, -0.05) is 6.07 Å². The maximum Gasteiger partial charge on any atom is 0.323 e. The Morgan fingerprint density at radius 1 is 1.12 bits per heavy atom. The molecule has 0 spiro atoms. The Bertz CT molecular complexity index is 627. The van der Waals surface area contributed by atoms with E-state index in [0.717, 1.165) is 11.0 Å². The predicted molar refractivity (Wildman–Crippen MR) is 66.2 cm³/mol. The highest BCUT2D eigenvalue weighted by Gasteiger charge is 2.39. The van der Waals surface area contributed by atoms with E-state index >= 15 is 0 Å². The van der Waals surface area contributed by atoms with E-state index in [0.29, 0.717) is 18.0 Å². The molecular formula is C13H15N3O. The van der Waals surface area contributed by atoms with Crippen LogP contribution in [-0.2, 0) is 0 Å². The summed E-state index contributed by atoms with van der Waals surface area (Å²) in [7, 11) is 0. The van der Waals surface area contributed by atoms with Crippen LogP contribution in [0.15, 0.2) is 23.0 Å². The van der Waals surface area contributed by atoms with Crippen LogP contribution in [0.5, 0.6) is 0 Å². The summed E-state index contributed by atoms with van der Waals surface area (Å²) in [6.45, 7) is 0. The fourth-order valence-corrected chi connectivity index (χ4v) is 3.47. The zero-order valence-corrected chi connectivity index (χ0v) is 9.49. The van der Waals surface area contributed by atoms with Gasteiger partial charge in [0.2, 0.25) is 0 Å². The Labute approximate surface area is 98.4 Å². The van der Waals surface area contributed by atoms with E-state index in [4.69, 9.17) is 0 Å². The molecule has 4 rings (SSSR count). The van der Waals surface area contributed by atoms with E-state index < -0.39 is 0 Å². The molecule has 0 aliphatic carbocycles. The molecular weight excluding hydrogens is 214 g/mol. The first-order chi connectivity index (χ1) is 8.29. The normalized spacial score (nSPS) is 31.4. The van der Waals surface area contributed by atoms with Crippen LogP contribution in [0.1, 0.15) is 30.7 Å². The Kier molecular flexibility index (Phi) is 1.80. The largest absolute Gasteiger partial charge is 0.323 e. The molecule has 2 aliphatic rings. The summed E-state index contributed by atoms with van der Waals surface area (Å²) in [4.78, 5) is 16.8. The van der Waals surface area contributed by atoms with Gasteiger partial charge in [-0.2, -0.15) is 0 Å². The Balaban J connectivity index is 1.78. The lowest BCUT2D eigenvalue weighted by molar-refractivity contribution is 0.507. The van der Waals surface area contributed by atoms with Crippen molar-refractivity contribution in [1.29, 1.82) is 0 Å². The number of hydrogen-bond donors (Lipinski definition) is 3. The molecule has 0 saturated carbocycles. The highest BCUT2D eigenvalue weighted by Crippen LogP contribution is 2.40. The van der Waals surface area contributed by atoms with Gasteiger partial charge >= 0.3 is 5.69 Å². The smallest absolute Gasteiger partial charge is 0.311 e. The summed E-state index contributed by atoms with van der Waals surface area (Å²) in [6, 6.07) is 7.64. The third-order valence-corrected chi connectivity index (χ3v) is 4.27. The maximum absolute atomic E-state index is 11.2. The number of hydrogen-bond acceptors (Lipinski definition) is 2. The molecule has 4 heteroatoms. The minimum absolute atomic E-state index is 0.122. The van der Waals surface area contributed by atoms with Crippen molar-refractivity contribution in [1.82, 2.24) is 15.3 Å². The van der Waals surface area contributed by atoms with Crippen molar-refractivity contribution in [2.45, 2.75) is 37.3 Å². The lowest BCUT2D eigenvalue weighted by atomic mass is 9.84. The number of nitrogens with one attached hydrogen (secondary N) is 3. The van der Waals surface area contributed by atoms with Crippen LogP contribution in [0, 0.1) is 0 Å². The average Bonchev–Trinajstić information content (AvgIpc) is 3.00. The Morgan fingerprint density at radius 3 is 2.76 bits per heavy atom. The van der Waals surface area contributed by atoms with Gasteiger partial charge in [-0.15, -0.1) is 0 Å². The van der Waals surface area contributed by atoms with Crippen molar-refractivity contribution in [2.24, 2.45) is 0 Å². The summed E-state index contributed by atoms with van der Waals surface area (Å²) in [5.74, 6) is 0.622. The van der Waals surface area contributed by atoms with Crippen LogP contribution < -0.4 is 11.0 Å². The summed E-state index contributed by atoms with van der Waals surface area (Å²) in [6.07, 6.45) is 3.85. The van der Waals surface area contributed by atoms with Crippen molar-refractivity contribution < 1.29 is 0 Å². The monoisotopic (exact) mass is 229 g/mol. The van der Waals surface area contributed by atoms with Crippen molar-refractivity contribution in [3.05, 3.63) is 34.2 Å². The number of aromatic nitrogens is 2. The van der Waals surface area contributed by atoms with E-state index in [2.05, 4.69) is 27.4 Å². The summed E-state index contributed by atoms with van der Waals surface area (Å²) >= 11 is 0. The minimum atomic E-state index is -0.122. The molecule has 3 unspecified atom stereocenters. The molecule has 2 bridgehead atoms. The second-order valence-corrected chi connectivity index (χ2v) is 5.27. The molecule has 3 atom stereocenters. The average molecular weight is 229 g/mol. The molecule has 2 aliphatic heterocycles. The SMILES string of the molecule is O=c1[nH]c2ccc(C3CC4CCC3N4)cc2[nH]1. The van der Waals surface area contributed by atoms with Gasteiger partial charge in [-0.25, -0.2) is 4.79 Å². The molecule has 88 valence electrons. The summed E-state index contributed by atoms with van der Waals surface area (Å²) < 4.78 is 0. The molecule has 0 amide bonds. The quantitative estimate of drug-likeness (QED) is 0.693. The number of benzene rings is 1. The minimum Gasteiger partial charge on any atom is -0.311 e. The van der Waals surface area contributed by atoms with Gasteiger partial charge in [-0.05, 0) is 37.0 Å². The van der Waals surface area contributed by atoms with Crippen LogP contribution in [0.3, 0.4) is 0 Å². The molecule has 1 aromatic carbocycles. The lowest BCUT2D eigenvalue weighted by Gasteiger charge is -2.20. The van der Waals surface area contributed by atoms with Gasteiger partial charge in [-0.3, -0.25) is 0 Å². The van der Waals surface area contributed by atoms with Crippen LogP contribution in [0.25, 0.3) is 11.0 Å². The van der Waals surface area contributed by atoms with Crippen molar-refractivity contribution in [3.63, 3.8) is 0 Å². The highest BCUT2D eigenvalue weighted by molar-refractivity contribution is 5.75. The van der Waals surface area contributed by atoms with Crippen LogP contribution >= 0.6 is 0 Å². The molecule has 3 N–H and O–H groups in total. The number of fused-ring (bicyclic) bond motifs is 3. The standard InChI is InChI=1S/C13H15N3O/c17-13-15-11-3-1-7(5-12(11)16-13)9-6-8-2-4-10(9)14-8/h1,3,5,8-10,14H,2,4,6H2,(H2,15,16,17). The van der Waals surface area contributed by atoms with Crippen LogP contribution in [0.4, 0.5) is 0 Å². The molecule has 17 heavy (non-hydrogen) atoms. The zero-order valence-electron chi connectivity index (χ0n) is 9.49. The first-order valence-corrected chi connectivity index (χ1v) is 6.27. The van der Waals surface area contributed by atoms with E-state index in [-0.39, 0.29) is 5.69 Å². The number of rotatable bonds is 1. The van der Waals surface area contributed by atoms with Gasteiger partial charge < -0.3 is 15.3 Å². The second kappa shape index (κ2) is 3.23. The van der Waals surface area contributed by atoms with Crippen molar-refractivity contribution in [2.75, 3.05) is 0 Å². The number of imidazole rings is 1. The fourth-order valence-electron chi connectivity index (χ4n) is 3.47. The van der Waals surface area contributed by atoms with E-state index in [9.17, 15) is 4.79 Å². The van der Waals surface area contributed by atoms with E-state index in [1.54, 1.807) is 0 Å². The molecule has 2 aromatic rings. The highest BCUT2D eigenvalue weighted by atomic mass is 16.1. The third kappa shape index (κ3) is 1.37. The second-order valence-electron chi connectivity index (χ2n) is 5.27. The lowest BCUT2D eigenvalue weighted by Crippen LogP contribution is -2.21. The van der Waals surface area contributed by atoms with Gasteiger partial charge in [0.25, 0.3) is 0 Å². The first kappa shape index (κ1) is 9.48. The van der Waals surface area contributed by atoms with Crippen molar-refractivity contribution in [3.8, 4) is 0 Å². The first-order valence-electron chi connectivity index (χ1n) is 6.27. The number of aromatic amines is 2.